The molecule has 0 aliphatic carbocycles. The molecular formula is C8H9F2NO2. The van der Waals surface area contributed by atoms with Gasteiger partial charge in [0.25, 0.3) is 0 Å². The molecule has 0 fully saturated rings. The van der Waals surface area contributed by atoms with Crippen LogP contribution in [-0.2, 0) is 10.7 Å². The molecule has 0 saturated carbocycles. The Morgan fingerprint density at radius 3 is 2.46 bits per heavy atom. The van der Waals surface area contributed by atoms with E-state index in [0.717, 1.165) is 19.2 Å². The Bertz CT molecular complexity index is 266. The van der Waals surface area contributed by atoms with Crippen molar-refractivity contribution in [1.29, 1.82) is 0 Å². The number of hydrogen-bond donors (Lipinski definition) is 1. The predicted molar refractivity (Wildman–Crippen MR) is 41.1 cm³/mol. The zero-order valence-electron chi connectivity index (χ0n) is 6.95. The second kappa shape index (κ2) is 3.76. The monoisotopic (exact) mass is 189 g/mol. The SMILES string of the molecule is COC(O)C(F)(F)c1ccncc1. The summed E-state index contributed by atoms with van der Waals surface area (Å²) in [5.41, 5.74) is -0.322. The average molecular weight is 189 g/mol. The van der Waals surface area contributed by atoms with Crippen LogP contribution in [0.1, 0.15) is 5.56 Å². The third-order valence-corrected chi connectivity index (χ3v) is 1.60. The molecule has 1 atom stereocenters. The fourth-order valence-electron chi connectivity index (χ4n) is 0.865. The Kier molecular flexibility index (Phi) is 2.90. The first-order valence-electron chi connectivity index (χ1n) is 3.58. The number of ether oxygens (including phenoxy) is 1. The molecule has 5 heteroatoms. The van der Waals surface area contributed by atoms with E-state index < -0.39 is 12.2 Å². The number of hydrogen-bond acceptors (Lipinski definition) is 3. The minimum Gasteiger partial charge on any atom is -0.363 e. The van der Waals surface area contributed by atoms with Gasteiger partial charge in [0.2, 0.25) is 6.29 Å². The highest BCUT2D eigenvalue weighted by atomic mass is 19.3. The van der Waals surface area contributed by atoms with E-state index in [-0.39, 0.29) is 5.56 Å². The molecule has 13 heavy (non-hydrogen) atoms. The number of methoxy groups -OCH3 is 1. The van der Waals surface area contributed by atoms with E-state index in [0.29, 0.717) is 0 Å². The van der Waals surface area contributed by atoms with E-state index in [2.05, 4.69) is 9.72 Å². The fraction of sp³-hybridized carbons (Fsp3) is 0.375. The topological polar surface area (TPSA) is 42.4 Å². The molecule has 0 aromatic carbocycles. The summed E-state index contributed by atoms with van der Waals surface area (Å²) in [5.74, 6) is -3.41. The Morgan fingerprint density at radius 2 is 2.00 bits per heavy atom. The zero-order valence-corrected chi connectivity index (χ0v) is 6.95. The lowest BCUT2D eigenvalue weighted by atomic mass is 10.1. The fourth-order valence-corrected chi connectivity index (χ4v) is 0.865. The summed E-state index contributed by atoms with van der Waals surface area (Å²) >= 11 is 0. The van der Waals surface area contributed by atoms with Gasteiger partial charge in [-0.15, -0.1) is 0 Å². The molecule has 1 unspecified atom stereocenters. The maximum Gasteiger partial charge on any atom is 0.322 e. The molecule has 72 valence electrons. The lowest BCUT2D eigenvalue weighted by molar-refractivity contribution is -0.228. The van der Waals surface area contributed by atoms with E-state index >= 15 is 0 Å². The highest BCUT2D eigenvalue weighted by Gasteiger charge is 2.40. The van der Waals surface area contributed by atoms with Crippen LogP contribution >= 0.6 is 0 Å². The van der Waals surface area contributed by atoms with E-state index in [4.69, 9.17) is 5.11 Å². The summed E-state index contributed by atoms with van der Waals surface area (Å²) in [6, 6.07) is 2.25. The second-order valence-corrected chi connectivity index (χ2v) is 2.45. The number of aliphatic hydroxyl groups is 1. The van der Waals surface area contributed by atoms with E-state index in [1.165, 1.54) is 12.4 Å². The van der Waals surface area contributed by atoms with Crippen molar-refractivity contribution in [2.75, 3.05) is 7.11 Å². The smallest absolute Gasteiger partial charge is 0.322 e. The van der Waals surface area contributed by atoms with Gasteiger partial charge in [0, 0.05) is 25.1 Å². The first-order chi connectivity index (χ1) is 6.09. The van der Waals surface area contributed by atoms with E-state index in [9.17, 15) is 8.78 Å². The zero-order chi connectivity index (χ0) is 9.90. The highest BCUT2D eigenvalue weighted by Crippen LogP contribution is 2.31. The normalized spacial score (nSPS) is 14.2. The van der Waals surface area contributed by atoms with E-state index in [1.54, 1.807) is 0 Å². The number of aromatic nitrogens is 1. The average Bonchev–Trinajstić information content (AvgIpc) is 2.18. The van der Waals surface area contributed by atoms with Gasteiger partial charge >= 0.3 is 5.92 Å². The van der Waals surface area contributed by atoms with Crippen LogP contribution in [0.15, 0.2) is 24.5 Å². The second-order valence-electron chi connectivity index (χ2n) is 2.45. The van der Waals surface area contributed by atoms with Crippen molar-refractivity contribution < 1.29 is 18.6 Å². The largest absolute Gasteiger partial charge is 0.363 e. The number of alkyl halides is 2. The van der Waals surface area contributed by atoms with Crippen molar-refractivity contribution in [3.8, 4) is 0 Å². The van der Waals surface area contributed by atoms with Gasteiger partial charge in [-0.05, 0) is 12.1 Å². The molecule has 0 spiro atoms. The molecule has 1 aromatic rings. The van der Waals surface area contributed by atoms with Crippen LogP contribution in [0.2, 0.25) is 0 Å². The Morgan fingerprint density at radius 1 is 1.46 bits per heavy atom. The molecule has 0 amide bonds. The van der Waals surface area contributed by atoms with Crippen LogP contribution in [0.5, 0.6) is 0 Å². The van der Waals surface area contributed by atoms with Gasteiger partial charge < -0.3 is 9.84 Å². The van der Waals surface area contributed by atoms with Gasteiger partial charge in [0.15, 0.2) is 0 Å². The number of rotatable bonds is 3. The first-order valence-corrected chi connectivity index (χ1v) is 3.58. The van der Waals surface area contributed by atoms with Crippen molar-refractivity contribution in [3.63, 3.8) is 0 Å². The van der Waals surface area contributed by atoms with Crippen molar-refractivity contribution in [1.82, 2.24) is 4.98 Å². The Hall–Kier alpha value is -1.07. The van der Waals surface area contributed by atoms with Crippen LogP contribution in [-0.4, -0.2) is 23.5 Å². The molecule has 1 N–H and O–H groups in total. The molecule has 0 aliphatic rings. The Labute approximate surface area is 74.0 Å². The van der Waals surface area contributed by atoms with Crippen LogP contribution < -0.4 is 0 Å². The predicted octanol–water partition coefficient (Wildman–Crippen LogP) is 1.14. The number of aliphatic hydroxyl groups excluding tert-OH is 1. The van der Waals surface area contributed by atoms with Gasteiger partial charge in [-0.25, -0.2) is 0 Å². The van der Waals surface area contributed by atoms with Gasteiger partial charge in [-0.1, -0.05) is 0 Å². The minimum atomic E-state index is -3.41. The van der Waals surface area contributed by atoms with Gasteiger partial charge in [0.1, 0.15) is 0 Å². The van der Waals surface area contributed by atoms with Crippen LogP contribution in [0.4, 0.5) is 8.78 Å². The third kappa shape index (κ3) is 1.99. The number of nitrogens with zero attached hydrogens (tertiary/aromatic N) is 1. The molecule has 0 saturated heterocycles. The lowest BCUT2D eigenvalue weighted by Crippen LogP contribution is -2.32. The van der Waals surface area contributed by atoms with E-state index in [1.807, 2.05) is 0 Å². The standard InChI is InChI=1S/C8H9F2NO2/c1-13-7(12)8(9,10)6-2-4-11-5-3-6/h2-5,7,12H,1H3. The molecular weight excluding hydrogens is 180 g/mol. The molecule has 1 rings (SSSR count). The molecule has 0 bridgehead atoms. The molecule has 3 nitrogen and oxygen atoms in total. The molecule has 0 radical (unpaired) electrons. The summed E-state index contributed by atoms with van der Waals surface area (Å²) in [5, 5.41) is 8.85. The maximum atomic E-state index is 13.1. The number of pyridine rings is 1. The molecule has 1 heterocycles. The first kappa shape index (κ1) is 10.0. The lowest BCUT2D eigenvalue weighted by Gasteiger charge is -2.20. The van der Waals surface area contributed by atoms with Crippen LogP contribution in [0, 0.1) is 0 Å². The number of halogens is 2. The third-order valence-electron chi connectivity index (χ3n) is 1.60. The maximum absolute atomic E-state index is 13.1. The van der Waals surface area contributed by atoms with Gasteiger partial charge in [-0.3, -0.25) is 4.98 Å². The van der Waals surface area contributed by atoms with Crippen molar-refractivity contribution >= 4 is 0 Å². The summed E-state index contributed by atoms with van der Waals surface area (Å²) in [4.78, 5) is 3.59. The van der Waals surface area contributed by atoms with Gasteiger partial charge in [-0.2, -0.15) is 8.78 Å². The summed E-state index contributed by atoms with van der Waals surface area (Å²) in [6.45, 7) is 0. The van der Waals surface area contributed by atoms with Crippen molar-refractivity contribution in [2.45, 2.75) is 12.2 Å². The quantitative estimate of drug-likeness (QED) is 0.725. The minimum absolute atomic E-state index is 0.322. The van der Waals surface area contributed by atoms with Gasteiger partial charge in [0.05, 0.1) is 0 Å². The van der Waals surface area contributed by atoms with Crippen LogP contribution in [0.3, 0.4) is 0 Å². The van der Waals surface area contributed by atoms with Crippen LogP contribution in [0.25, 0.3) is 0 Å². The molecule has 0 aliphatic heterocycles. The van der Waals surface area contributed by atoms with Crippen molar-refractivity contribution in [2.24, 2.45) is 0 Å². The summed E-state index contributed by atoms with van der Waals surface area (Å²) in [7, 11) is 1.01. The molecule has 1 aromatic heterocycles. The Balaban J connectivity index is 2.93. The summed E-state index contributed by atoms with van der Waals surface area (Å²) in [6.07, 6.45) is 0.326. The van der Waals surface area contributed by atoms with Crippen molar-refractivity contribution in [3.05, 3.63) is 30.1 Å². The highest BCUT2D eigenvalue weighted by molar-refractivity contribution is 5.16. The summed E-state index contributed by atoms with van der Waals surface area (Å²) < 4.78 is 30.4.